The summed E-state index contributed by atoms with van der Waals surface area (Å²) in [7, 11) is 0. The fourth-order valence-electron chi connectivity index (χ4n) is 2.40. The molecule has 0 aromatic rings. The monoisotopic (exact) mass is 184 g/mol. The van der Waals surface area contributed by atoms with Gasteiger partial charge in [-0.25, -0.2) is 0 Å². The van der Waals surface area contributed by atoms with Gasteiger partial charge in [-0.15, -0.1) is 0 Å². The van der Waals surface area contributed by atoms with Crippen molar-refractivity contribution in [3.8, 4) is 0 Å². The van der Waals surface area contributed by atoms with Crippen LogP contribution in [0, 0.1) is 11.8 Å². The Bertz CT molecular complexity index is 136. The molecule has 2 aliphatic rings. The second-order valence-corrected chi connectivity index (χ2v) is 3.86. The number of nitrogens with one attached hydrogen (secondary N) is 1. The molecule has 0 saturated carbocycles. The standard InChI is InChI=1S/C9H18N2.C2H6/c1-2-11-4-3-8-5-10-6-9(8)7-11;1-2/h8-10H,2-7H2,1H3;1-2H3. The highest BCUT2D eigenvalue weighted by molar-refractivity contribution is 4.87. The number of likely N-dealkylation sites (tertiary alicyclic amines) is 1. The molecule has 2 saturated heterocycles. The highest BCUT2D eigenvalue weighted by atomic mass is 15.1. The van der Waals surface area contributed by atoms with Gasteiger partial charge in [0.05, 0.1) is 0 Å². The molecule has 2 unspecified atom stereocenters. The van der Waals surface area contributed by atoms with Crippen molar-refractivity contribution in [3.05, 3.63) is 0 Å². The lowest BCUT2D eigenvalue weighted by Crippen LogP contribution is -2.39. The zero-order valence-electron chi connectivity index (χ0n) is 9.34. The van der Waals surface area contributed by atoms with Crippen molar-refractivity contribution in [2.75, 3.05) is 32.7 Å². The van der Waals surface area contributed by atoms with E-state index in [0.29, 0.717) is 0 Å². The van der Waals surface area contributed by atoms with Gasteiger partial charge in [0.25, 0.3) is 0 Å². The fourth-order valence-corrected chi connectivity index (χ4v) is 2.40. The summed E-state index contributed by atoms with van der Waals surface area (Å²) >= 11 is 0. The molecule has 0 spiro atoms. The van der Waals surface area contributed by atoms with Crippen molar-refractivity contribution in [1.82, 2.24) is 10.2 Å². The van der Waals surface area contributed by atoms with Gasteiger partial charge < -0.3 is 10.2 Å². The van der Waals surface area contributed by atoms with Crippen LogP contribution in [0.4, 0.5) is 0 Å². The SMILES string of the molecule is CC.CCN1CCC2CNCC2C1. The van der Waals surface area contributed by atoms with Crippen LogP contribution in [-0.4, -0.2) is 37.6 Å². The zero-order valence-corrected chi connectivity index (χ0v) is 9.34. The first kappa shape index (κ1) is 11.0. The van der Waals surface area contributed by atoms with E-state index in [4.69, 9.17) is 0 Å². The molecule has 1 N–H and O–H groups in total. The molecular weight excluding hydrogens is 160 g/mol. The maximum absolute atomic E-state index is 3.48. The van der Waals surface area contributed by atoms with Crippen LogP contribution in [-0.2, 0) is 0 Å². The lowest BCUT2D eigenvalue weighted by Gasteiger charge is -2.33. The van der Waals surface area contributed by atoms with E-state index in [0.717, 1.165) is 11.8 Å². The summed E-state index contributed by atoms with van der Waals surface area (Å²) in [5.41, 5.74) is 0. The summed E-state index contributed by atoms with van der Waals surface area (Å²) < 4.78 is 0. The van der Waals surface area contributed by atoms with E-state index in [9.17, 15) is 0 Å². The average Bonchev–Trinajstić information content (AvgIpc) is 2.67. The van der Waals surface area contributed by atoms with Crippen LogP contribution in [0.5, 0.6) is 0 Å². The molecule has 2 heteroatoms. The molecule has 2 atom stereocenters. The Labute approximate surface area is 82.7 Å². The van der Waals surface area contributed by atoms with Gasteiger partial charge in [-0.1, -0.05) is 20.8 Å². The Morgan fingerprint density at radius 1 is 1.23 bits per heavy atom. The van der Waals surface area contributed by atoms with Crippen LogP contribution in [0.2, 0.25) is 0 Å². The van der Waals surface area contributed by atoms with Crippen molar-refractivity contribution in [2.24, 2.45) is 11.8 Å². The Morgan fingerprint density at radius 3 is 2.62 bits per heavy atom. The van der Waals surface area contributed by atoms with E-state index in [1.54, 1.807) is 0 Å². The highest BCUT2D eigenvalue weighted by Crippen LogP contribution is 2.25. The van der Waals surface area contributed by atoms with Crippen LogP contribution in [0.3, 0.4) is 0 Å². The van der Waals surface area contributed by atoms with E-state index in [1.807, 2.05) is 13.8 Å². The van der Waals surface area contributed by atoms with Crippen molar-refractivity contribution in [2.45, 2.75) is 27.2 Å². The summed E-state index contributed by atoms with van der Waals surface area (Å²) in [6.07, 6.45) is 1.42. The molecule has 0 aromatic carbocycles. The quantitative estimate of drug-likeness (QED) is 0.665. The maximum atomic E-state index is 3.48. The highest BCUT2D eigenvalue weighted by Gasteiger charge is 2.31. The van der Waals surface area contributed by atoms with Crippen molar-refractivity contribution in [1.29, 1.82) is 0 Å². The molecule has 2 aliphatic heterocycles. The third-order valence-corrected chi connectivity index (χ3v) is 3.24. The normalized spacial score (nSPS) is 33.5. The minimum Gasteiger partial charge on any atom is -0.316 e. The average molecular weight is 184 g/mol. The summed E-state index contributed by atoms with van der Waals surface area (Å²) in [5.74, 6) is 1.96. The molecule has 78 valence electrons. The van der Waals surface area contributed by atoms with Crippen molar-refractivity contribution < 1.29 is 0 Å². The molecule has 2 fully saturated rings. The summed E-state index contributed by atoms with van der Waals surface area (Å²) in [4.78, 5) is 2.58. The molecule has 0 radical (unpaired) electrons. The molecule has 2 rings (SSSR count). The van der Waals surface area contributed by atoms with Crippen LogP contribution >= 0.6 is 0 Å². The first-order chi connectivity index (χ1) is 6.40. The van der Waals surface area contributed by atoms with Gasteiger partial charge in [-0.2, -0.15) is 0 Å². The number of hydrogen-bond donors (Lipinski definition) is 1. The molecule has 0 amide bonds. The second kappa shape index (κ2) is 5.61. The second-order valence-electron chi connectivity index (χ2n) is 3.86. The summed E-state index contributed by atoms with van der Waals surface area (Å²) in [5, 5.41) is 3.48. The summed E-state index contributed by atoms with van der Waals surface area (Å²) in [6, 6.07) is 0. The van der Waals surface area contributed by atoms with Gasteiger partial charge in [0.1, 0.15) is 0 Å². The third-order valence-electron chi connectivity index (χ3n) is 3.24. The lowest BCUT2D eigenvalue weighted by atomic mass is 9.89. The van der Waals surface area contributed by atoms with E-state index >= 15 is 0 Å². The third kappa shape index (κ3) is 2.68. The largest absolute Gasteiger partial charge is 0.316 e. The minimum atomic E-state index is 0.962. The van der Waals surface area contributed by atoms with Crippen molar-refractivity contribution >= 4 is 0 Å². The number of rotatable bonds is 1. The Balaban J connectivity index is 0.000000396. The minimum absolute atomic E-state index is 0.962. The zero-order chi connectivity index (χ0) is 9.68. The van der Waals surface area contributed by atoms with Gasteiger partial charge in [-0.3, -0.25) is 0 Å². The maximum Gasteiger partial charge on any atom is 0.00248 e. The first-order valence-corrected chi connectivity index (χ1v) is 5.83. The number of fused-ring (bicyclic) bond motifs is 1. The molecule has 0 bridgehead atoms. The van der Waals surface area contributed by atoms with Crippen LogP contribution in [0.25, 0.3) is 0 Å². The van der Waals surface area contributed by atoms with Crippen LogP contribution < -0.4 is 5.32 Å². The van der Waals surface area contributed by atoms with E-state index in [2.05, 4.69) is 17.1 Å². The fraction of sp³-hybridized carbons (Fsp3) is 1.00. The van der Waals surface area contributed by atoms with E-state index < -0.39 is 0 Å². The van der Waals surface area contributed by atoms with Crippen LogP contribution in [0.15, 0.2) is 0 Å². The van der Waals surface area contributed by atoms with E-state index in [1.165, 1.54) is 39.1 Å². The number of nitrogens with zero attached hydrogens (tertiary/aromatic N) is 1. The molecule has 2 nitrogen and oxygen atoms in total. The molecule has 13 heavy (non-hydrogen) atoms. The predicted molar refractivity (Wildman–Crippen MR) is 57.9 cm³/mol. The number of piperidine rings is 1. The molecular formula is C11H24N2. The Hall–Kier alpha value is -0.0800. The van der Waals surface area contributed by atoms with Gasteiger partial charge in [0.15, 0.2) is 0 Å². The lowest BCUT2D eigenvalue weighted by molar-refractivity contribution is 0.155. The Kier molecular flexibility index (Phi) is 4.74. The molecule has 0 aromatic heterocycles. The number of hydrogen-bond acceptors (Lipinski definition) is 2. The van der Waals surface area contributed by atoms with E-state index in [-0.39, 0.29) is 0 Å². The van der Waals surface area contributed by atoms with Gasteiger partial charge in [0.2, 0.25) is 0 Å². The topological polar surface area (TPSA) is 15.3 Å². The van der Waals surface area contributed by atoms with Crippen LogP contribution in [0.1, 0.15) is 27.2 Å². The summed E-state index contributed by atoms with van der Waals surface area (Å²) in [6.45, 7) is 12.7. The van der Waals surface area contributed by atoms with Gasteiger partial charge in [-0.05, 0) is 44.4 Å². The molecule has 2 heterocycles. The van der Waals surface area contributed by atoms with Crippen molar-refractivity contribution in [3.63, 3.8) is 0 Å². The molecule has 0 aliphatic carbocycles. The smallest absolute Gasteiger partial charge is 0.00248 e. The first-order valence-electron chi connectivity index (χ1n) is 5.83. The Morgan fingerprint density at radius 2 is 1.92 bits per heavy atom. The van der Waals surface area contributed by atoms with Gasteiger partial charge >= 0.3 is 0 Å². The van der Waals surface area contributed by atoms with Gasteiger partial charge in [0, 0.05) is 6.54 Å². The predicted octanol–water partition coefficient (Wildman–Crippen LogP) is 1.57.